The van der Waals surface area contributed by atoms with E-state index in [9.17, 15) is 4.79 Å². The van der Waals surface area contributed by atoms with Crippen molar-refractivity contribution in [2.24, 2.45) is 0 Å². The Balaban J connectivity index is 2.51. The molecule has 0 aliphatic heterocycles. The van der Waals surface area contributed by atoms with Crippen LogP contribution in [0.4, 0.5) is 0 Å². The lowest BCUT2D eigenvalue weighted by molar-refractivity contribution is 0.0685. The van der Waals surface area contributed by atoms with Gasteiger partial charge in [0.2, 0.25) is 5.82 Å². The molecular formula is C15H18N2O2. The largest absolute Gasteiger partial charge is 0.475 e. The number of imidazole rings is 1. The SMILES string of the molecule is Cc1ccc(C(C)(C)C)cc1-c1cnc(C(=O)O)[nH]1. The molecule has 2 rings (SSSR count). The van der Waals surface area contributed by atoms with E-state index < -0.39 is 5.97 Å². The fraction of sp³-hybridized carbons (Fsp3) is 0.333. The summed E-state index contributed by atoms with van der Waals surface area (Å²) in [5.41, 5.74) is 4.08. The molecule has 0 aliphatic carbocycles. The number of carboxylic acids is 1. The maximum absolute atomic E-state index is 10.9. The molecule has 0 radical (unpaired) electrons. The van der Waals surface area contributed by atoms with Crippen LogP contribution >= 0.6 is 0 Å². The number of carboxylic acid groups (broad SMARTS) is 1. The lowest BCUT2D eigenvalue weighted by atomic mass is 9.85. The van der Waals surface area contributed by atoms with Crippen LogP contribution in [0.5, 0.6) is 0 Å². The van der Waals surface area contributed by atoms with Crippen molar-refractivity contribution in [3.05, 3.63) is 41.3 Å². The van der Waals surface area contributed by atoms with Gasteiger partial charge in [0, 0.05) is 5.56 Å². The third kappa shape index (κ3) is 2.67. The Hall–Kier alpha value is -2.10. The number of aromatic carboxylic acids is 1. The quantitative estimate of drug-likeness (QED) is 0.867. The number of nitrogens with zero attached hydrogens (tertiary/aromatic N) is 1. The molecule has 0 fully saturated rings. The average molecular weight is 258 g/mol. The summed E-state index contributed by atoms with van der Waals surface area (Å²) in [5, 5.41) is 8.90. The number of benzene rings is 1. The number of nitrogens with one attached hydrogen (secondary N) is 1. The second-order valence-corrected chi connectivity index (χ2v) is 5.73. The number of hydrogen-bond acceptors (Lipinski definition) is 2. The van der Waals surface area contributed by atoms with Crippen LogP contribution < -0.4 is 0 Å². The van der Waals surface area contributed by atoms with Crippen LogP contribution in [0.2, 0.25) is 0 Å². The first-order chi connectivity index (χ1) is 8.79. The van der Waals surface area contributed by atoms with Gasteiger partial charge in [0.05, 0.1) is 11.9 Å². The van der Waals surface area contributed by atoms with Crippen LogP contribution in [-0.4, -0.2) is 21.0 Å². The standard InChI is InChI=1S/C15H18N2O2/c1-9-5-6-10(15(2,3)4)7-11(9)12-8-16-13(17-12)14(18)19/h5-8H,1-4H3,(H,16,17)(H,18,19). The fourth-order valence-electron chi connectivity index (χ4n) is 1.95. The lowest BCUT2D eigenvalue weighted by Gasteiger charge is -2.20. The molecule has 1 aromatic heterocycles. The highest BCUT2D eigenvalue weighted by molar-refractivity contribution is 5.84. The minimum absolute atomic E-state index is 0.0319. The van der Waals surface area contributed by atoms with E-state index in [-0.39, 0.29) is 11.2 Å². The summed E-state index contributed by atoms with van der Waals surface area (Å²) in [6.45, 7) is 8.45. The molecule has 0 unspecified atom stereocenters. The van der Waals surface area contributed by atoms with Gasteiger partial charge in [0.1, 0.15) is 0 Å². The van der Waals surface area contributed by atoms with E-state index >= 15 is 0 Å². The Bertz CT molecular complexity index is 621. The van der Waals surface area contributed by atoms with Crippen LogP contribution in [0.3, 0.4) is 0 Å². The van der Waals surface area contributed by atoms with E-state index in [0.717, 1.165) is 16.8 Å². The number of rotatable bonds is 2. The third-order valence-electron chi connectivity index (χ3n) is 3.17. The maximum atomic E-state index is 10.9. The van der Waals surface area contributed by atoms with Crippen molar-refractivity contribution in [1.82, 2.24) is 9.97 Å². The van der Waals surface area contributed by atoms with Crippen molar-refractivity contribution in [2.45, 2.75) is 33.1 Å². The highest BCUT2D eigenvalue weighted by atomic mass is 16.4. The Morgan fingerprint density at radius 3 is 2.53 bits per heavy atom. The van der Waals surface area contributed by atoms with Gasteiger partial charge in [-0.2, -0.15) is 0 Å². The van der Waals surface area contributed by atoms with Crippen molar-refractivity contribution >= 4 is 5.97 Å². The molecule has 2 aromatic rings. The minimum Gasteiger partial charge on any atom is -0.475 e. The normalized spacial score (nSPS) is 11.6. The van der Waals surface area contributed by atoms with Gasteiger partial charge < -0.3 is 10.1 Å². The maximum Gasteiger partial charge on any atom is 0.371 e. The predicted molar refractivity (Wildman–Crippen MR) is 74.4 cm³/mol. The molecule has 19 heavy (non-hydrogen) atoms. The molecule has 0 amide bonds. The second-order valence-electron chi connectivity index (χ2n) is 5.73. The number of aromatic amines is 1. The van der Waals surface area contributed by atoms with Crippen LogP contribution in [-0.2, 0) is 5.41 Å². The van der Waals surface area contributed by atoms with E-state index in [1.54, 1.807) is 6.20 Å². The summed E-state index contributed by atoms with van der Waals surface area (Å²) < 4.78 is 0. The minimum atomic E-state index is -1.05. The zero-order valence-corrected chi connectivity index (χ0v) is 11.6. The molecule has 0 aliphatic rings. The summed E-state index contributed by atoms with van der Waals surface area (Å²) in [7, 11) is 0. The van der Waals surface area contributed by atoms with Crippen LogP contribution in [0.25, 0.3) is 11.3 Å². The summed E-state index contributed by atoms with van der Waals surface area (Å²) in [4.78, 5) is 17.6. The molecule has 4 nitrogen and oxygen atoms in total. The molecule has 100 valence electrons. The first-order valence-electron chi connectivity index (χ1n) is 6.19. The number of aromatic nitrogens is 2. The summed E-state index contributed by atoms with van der Waals surface area (Å²) in [5.74, 6) is -1.08. The zero-order chi connectivity index (χ0) is 14.2. The Morgan fingerprint density at radius 2 is 2.00 bits per heavy atom. The van der Waals surface area contributed by atoms with Crippen molar-refractivity contribution in [3.8, 4) is 11.3 Å². The fourth-order valence-corrected chi connectivity index (χ4v) is 1.95. The molecule has 0 atom stereocenters. The van der Waals surface area contributed by atoms with Gasteiger partial charge in [-0.05, 0) is 29.5 Å². The van der Waals surface area contributed by atoms with Gasteiger partial charge in [0.15, 0.2) is 0 Å². The van der Waals surface area contributed by atoms with E-state index in [1.807, 2.05) is 6.92 Å². The van der Waals surface area contributed by atoms with Crippen LogP contribution in [0.15, 0.2) is 24.4 Å². The van der Waals surface area contributed by atoms with Crippen molar-refractivity contribution in [2.75, 3.05) is 0 Å². The number of aryl methyl sites for hydroxylation is 1. The van der Waals surface area contributed by atoms with Gasteiger partial charge in [0.25, 0.3) is 0 Å². The Kier molecular flexibility index (Phi) is 3.18. The summed E-state index contributed by atoms with van der Waals surface area (Å²) in [6.07, 6.45) is 1.57. The van der Waals surface area contributed by atoms with E-state index in [2.05, 4.69) is 48.9 Å². The first kappa shape index (κ1) is 13.3. The molecule has 0 saturated heterocycles. The highest BCUT2D eigenvalue weighted by Crippen LogP contribution is 2.29. The smallest absolute Gasteiger partial charge is 0.371 e. The van der Waals surface area contributed by atoms with Gasteiger partial charge >= 0.3 is 5.97 Å². The monoisotopic (exact) mass is 258 g/mol. The summed E-state index contributed by atoms with van der Waals surface area (Å²) in [6, 6.07) is 6.25. The van der Waals surface area contributed by atoms with Gasteiger partial charge in [-0.3, -0.25) is 0 Å². The summed E-state index contributed by atoms with van der Waals surface area (Å²) >= 11 is 0. The zero-order valence-electron chi connectivity index (χ0n) is 11.6. The Labute approximate surface area is 112 Å². The topological polar surface area (TPSA) is 66.0 Å². The lowest BCUT2D eigenvalue weighted by Crippen LogP contribution is -2.11. The molecular weight excluding hydrogens is 240 g/mol. The third-order valence-corrected chi connectivity index (χ3v) is 3.17. The van der Waals surface area contributed by atoms with Gasteiger partial charge in [-0.1, -0.05) is 32.9 Å². The van der Waals surface area contributed by atoms with E-state index in [0.29, 0.717) is 0 Å². The predicted octanol–water partition coefficient (Wildman–Crippen LogP) is 3.38. The van der Waals surface area contributed by atoms with Gasteiger partial charge in [-0.25, -0.2) is 9.78 Å². The first-order valence-corrected chi connectivity index (χ1v) is 6.19. The highest BCUT2D eigenvalue weighted by Gasteiger charge is 2.16. The average Bonchev–Trinajstić information content (AvgIpc) is 2.77. The van der Waals surface area contributed by atoms with Crippen molar-refractivity contribution < 1.29 is 9.90 Å². The molecule has 2 N–H and O–H groups in total. The van der Waals surface area contributed by atoms with E-state index in [1.165, 1.54) is 5.56 Å². The molecule has 1 aromatic carbocycles. The van der Waals surface area contributed by atoms with Crippen LogP contribution in [0, 0.1) is 6.92 Å². The number of carbonyl (C=O) groups is 1. The molecule has 1 heterocycles. The number of hydrogen-bond donors (Lipinski definition) is 2. The second kappa shape index (κ2) is 4.53. The molecule has 0 saturated carbocycles. The molecule has 0 bridgehead atoms. The molecule has 4 heteroatoms. The van der Waals surface area contributed by atoms with Crippen molar-refractivity contribution in [3.63, 3.8) is 0 Å². The van der Waals surface area contributed by atoms with Crippen LogP contribution in [0.1, 0.15) is 42.5 Å². The van der Waals surface area contributed by atoms with Crippen molar-refractivity contribution in [1.29, 1.82) is 0 Å². The van der Waals surface area contributed by atoms with Gasteiger partial charge in [-0.15, -0.1) is 0 Å². The molecule has 0 spiro atoms. The Morgan fingerprint density at radius 1 is 1.32 bits per heavy atom. The van der Waals surface area contributed by atoms with E-state index in [4.69, 9.17) is 5.11 Å². The number of H-pyrrole nitrogens is 1.